The lowest BCUT2D eigenvalue weighted by molar-refractivity contribution is -0.175. The number of carbonyl (C=O) groups excluding carboxylic acids is 4. The van der Waals surface area contributed by atoms with Crippen molar-refractivity contribution >= 4 is 23.4 Å². The van der Waals surface area contributed by atoms with Crippen molar-refractivity contribution in [1.29, 1.82) is 0 Å². The molecule has 1 aliphatic rings. The summed E-state index contributed by atoms with van der Waals surface area (Å²) in [5.41, 5.74) is 0.905. The van der Waals surface area contributed by atoms with Gasteiger partial charge in [-0.2, -0.15) is 0 Å². The van der Waals surface area contributed by atoms with Crippen LogP contribution in [-0.2, 0) is 30.5 Å². The fourth-order valence-electron chi connectivity index (χ4n) is 3.42. The molecule has 128 valence electrons. The second kappa shape index (κ2) is 7.38. The van der Waals surface area contributed by atoms with Crippen molar-refractivity contribution in [3.8, 4) is 0 Å². The summed E-state index contributed by atoms with van der Waals surface area (Å²) in [6.07, 6.45) is 0. The average Bonchev–Trinajstić information content (AvgIpc) is 2.52. The van der Waals surface area contributed by atoms with Crippen LogP contribution in [0.2, 0.25) is 0 Å². The minimum absolute atomic E-state index is 0.268. The molecule has 1 aromatic rings. The maximum atomic E-state index is 12.5. The zero-order valence-corrected chi connectivity index (χ0v) is 13.9. The minimum Gasteiger partial charge on any atom is -0.469 e. The van der Waals surface area contributed by atoms with E-state index in [2.05, 4.69) is 5.32 Å². The lowest BCUT2D eigenvalue weighted by Crippen LogP contribution is -2.61. The lowest BCUT2D eigenvalue weighted by atomic mass is 9.53. The molecule has 0 aliphatic heterocycles. The number of methoxy groups -OCH3 is 1. The van der Waals surface area contributed by atoms with Crippen molar-refractivity contribution in [2.75, 3.05) is 7.11 Å². The first-order valence-electron chi connectivity index (χ1n) is 7.78. The van der Waals surface area contributed by atoms with Crippen molar-refractivity contribution in [1.82, 2.24) is 5.32 Å². The Morgan fingerprint density at radius 3 is 1.96 bits per heavy atom. The molecule has 4 atom stereocenters. The fourth-order valence-corrected chi connectivity index (χ4v) is 3.42. The molecule has 0 heterocycles. The molecule has 0 spiro atoms. The number of benzene rings is 1. The maximum absolute atomic E-state index is 12.5. The van der Waals surface area contributed by atoms with Gasteiger partial charge >= 0.3 is 5.97 Å². The van der Waals surface area contributed by atoms with E-state index in [9.17, 15) is 19.2 Å². The van der Waals surface area contributed by atoms with Crippen LogP contribution in [0.1, 0.15) is 19.4 Å². The van der Waals surface area contributed by atoms with Crippen molar-refractivity contribution in [3.63, 3.8) is 0 Å². The van der Waals surface area contributed by atoms with Crippen LogP contribution in [0.15, 0.2) is 30.3 Å². The summed E-state index contributed by atoms with van der Waals surface area (Å²) in [6, 6.07) is 9.30. The summed E-state index contributed by atoms with van der Waals surface area (Å²) >= 11 is 0. The minimum atomic E-state index is -0.905. The summed E-state index contributed by atoms with van der Waals surface area (Å²) in [7, 11) is 1.21. The van der Waals surface area contributed by atoms with Gasteiger partial charge in [0.2, 0.25) is 5.91 Å². The first kappa shape index (κ1) is 17.8. The van der Waals surface area contributed by atoms with Crippen LogP contribution in [-0.4, -0.2) is 30.6 Å². The SMILES string of the molecule is COC(=O)[C@H]1[C@@H](C(C)=O)[C@H](C(C)=O)[C@H]1C(=O)NCc1ccccc1. The number of hydrogen-bond acceptors (Lipinski definition) is 5. The number of ketones is 2. The summed E-state index contributed by atoms with van der Waals surface area (Å²) in [4.78, 5) is 48.3. The molecule has 0 radical (unpaired) electrons. The second-order valence-electron chi connectivity index (χ2n) is 6.05. The molecule has 1 aromatic carbocycles. The Morgan fingerprint density at radius 1 is 0.917 bits per heavy atom. The highest BCUT2D eigenvalue weighted by molar-refractivity contribution is 6.01. The molecule has 1 amide bonds. The van der Waals surface area contributed by atoms with Gasteiger partial charge in [0.25, 0.3) is 0 Å². The fraction of sp³-hybridized carbons (Fsp3) is 0.444. The van der Waals surface area contributed by atoms with Gasteiger partial charge in [0.05, 0.1) is 18.9 Å². The van der Waals surface area contributed by atoms with E-state index >= 15 is 0 Å². The van der Waals surface area contributed by atoms with Crippen LogP contribution in [0.25, 0.3) is 0 Å². The number of ether oxygens (including phenoxy) is 1. The zero-order chi connectivity index (χ0) is 17.9. The van der Waals surface area contributed by atoms with Gasteiger partial charge in [-0.1, -0.05) is 30.3 Å². The molecule has 1 saturated carbocycles. The van der Waals surface area contributed by atoms with Crippen molar-refractivity contribution in [2.45, 2.75) is 20.4 Å². The smallest absolute Gasteiger partial charge is 0.310 e. The monoisotopic (exact) mass is 331 g/mol. The third-order valence-electron chi connectivity index (χ3n) is 4.57. The van der Waals surface area contributed by atoms with E-state index < -0.39 is 35.5 Å². The van der Waals surface area contributed by atoms with Crippen LogP contribution in [0.5, 0.6) is 0 Å². The van der Waals surface area contributed by atoms with Crippen LogP contribution in [0.3, 0.4) is 0 Å². The third kappa shape index (κ3) is 3.37. The Kier molecular flexibility index (Phi) is 5.49. The highest BCUT2D eigenvalue weighted by Crippen LogP contribution is 2.48. The molecule has 24 heavy (non-hydrogen) atoms. The van der Waals surface area contributed by atoms with Crippen LogP contribution in [0, 0.1) is 23.7 Å². The van der Waals surface area contributed by atoms with Crippen LogP contribution in [0.4, 0.5) is 0 Å². The van der Waals surface area contributed by atoms with E-state index in [0.29, 0.717) is 6.54 Å². The number of rotatable bonds is 6. The van der Waals surface area contributed by atoms with E-state index in [0.717, 1.165) is 5.56 Å². The number of nitrogens with one attached hydrogen (secondary N) is 1. The predicted molar refractivity (Wildman–Crippen MR) is 85.6 cm³/mol. The number of hydrogen-bond donors (Lipinski definition) is 1. The Labute approximate surface area is 140 Å². The topological polar surface area (TPSA) is 89.5 Å². The van der Waals surface area contributed by atoms with Gasteiger partial charge in [0.1, 0.15) is 11.6 Å². The standard InChI is InChI=1S/C18H21NO5/c1-10(20)13-14(11(2)21)16(18(23)24-3)15(13)17(22)19-9-12-7-5-4-6-8-12/h4-8,13-16H,9H2,1-3H3,(H,19,22)/t13-,14-,15+,16-/m0/s1. The molecule has 0 saturated heterocycles. The first-order valence-corrected chi connectivity index (χ1v) is 7.78. The van der Waals surface area contributed by atoms with E-state index in [1.54, 1.807) is 0 Å². The lowest BCUT2D eigenvalue weighted by Gasteiger charge is -2.46. The molecule has 1 aliphatic carbocycles. The highest BCUT2D eigenvalue weighted by atomic mass is 16.5. The van der Waals surface area contributed by atoms with Crippen LogP contribution < -0.4 is 5.32 Å². The maximum Gasteiger partial charge on any atom is 0.310 e. The number of carbonyl (C=O) groups is 4. The summed E-state index contributed by atoms with van der Waals surface area (Å²) in [5, 5.41) is 2.74. The van der Waals surface area contributed by atoms with Crippen molar-refractivity contribution in [2.24, 2.45) is 23.7 Å². The highest BCUT2D eigenvalue weighted by Gasteiger charge is 2.61. The number of amides is 1. The third-order valence-corrected chi connectivity index (χ3v) is 4.57. The summed E-state index contributed by atoms with van der Waals surface area (Å²) in [5.74, 6) is -4.93. The Bertz CT molecular complexity index is 655. The molecule has 0 bridgehead atoms. The van der Waals surface area contributed by atoms with Gasteiger partial charge in [-0.15, -0.1) is 0 Å². The van der Waals surface area contributed by atoms with Crippen molar-refractivity contribution in [3.05, 3.63) is 35.9 Å². The summed E-state index contributed by atoms with van der Waals surface area (Å²) < 4.78 is 4.72. The van der Waals surface area contributed by atoms with E-state index in [-0.39, 0.29) is 11.6 Å². The average molecular weight is 331 g/mol. The number of Topliss-reactive ketones (excluding diaryl/α,β-unsaturated/α-hetero) is 2. The molecule has 6 nitrogen and oxygen atoms in total. The van der Waals surface area contributed by atoms with Gasteiger partial charge < -0.3 is 10.1 Å². The zero-order valence-electron chi connectivity index (χ0n) is 13.9. The molecule has 0 aromatic heterocycles. The van der Waals surface area contributed by atoms with Gasteiger partial charge in [-0.25, -0.2) is 0 Å². The molecule has 0 unspecified atom stereocenters. The molecule has 6 heteroatoms. The van der Waals surface area contributed by atoms with Gasteiger partial charge in [-0.05, 0) is 19.4 Å². The van der Waals surface area contributed by atoms with Crippen LogP contribution >= 0.6 is 0 Å². The quantitative estimate of drug-likeness (QED) is 0.789. The predicted octanol–water partition coefficient (Wildman–Crippen LogP) is 1.13. The molecular formula is C18H21NO5. The summed E-state index contributed by atoms with van der Waals surface area (Å²) in [6.45, 7) is 2.96. The number of esters is 1. The van der Waals surface area contributed by atoms with E-state index in [1.807, 2.05) is 30.3 Å². The van der Waals surface area contributed by atoms with Gasteiger partial charge in [0, 0.05) is 18.4 Å². The normalized spacial score (nSPS) is 25.3. The van der Waals surface area contributed by atoms with Gasteiger partial charge in [-0.3, -0.25) is 19.2 Å². The van der Waals surface area contributed by atoms with Crippen molar-refractivity contribution < 1.29 is 23.9 Å². The van der Waals surface area contributed by atoms with Gasteiger partial charge in [0.15, 0.2) is 0 Å². The van der Waals surface area contributed by atoms with E-state index in [4.69, 9.17) is 4.74 Å². The molecule has 1 N–H and O–H groups in total. The molecular weight excluding hydrogens is 310 g/mol. The Morgan fingerprint density at radius 2 is 1.46 bits per heavy atom. The molecule has 2 rings (SSSR count). The Hall–Kier alpha value is -2.50. The largest absolute Gasteiger partial charge is 0.469 e. The van der Waals surface area contributed by atoms with E-state index in [1.165, 1.54) is 21.0 Å². The first-order chi connectivity index (χ1) is 11.4. The Balaban J connectivity index is 2.17. The second-order valence-corrected chi connectivity index (χ2v) is 6.05. The molecule has 1 fully saturated rings.